The van der Waals surface area contributed by atoms with E-state index in [0.29, 0.717) is 12.5 Å². The van der Waals surface area contributed by atoms with E-state index in [1.807, 2.05) is 0 Å². The Morgan fingerprint density at radius 3 is 2.00 bits per heavy atom. The molecule has 0 spiro atoms. The molecular formula is C9H24N2O2Si. The highest BCUT2D eigenvalue weighted by Gasteiger charge is 2.41. The lowest BCUT2D eigenvalue weighted by Gasteiger charge is -2.33. The maximum absolute atomic E-state index is 6.12. The molecule has 0 saturated heterocycles. The quantitative estimate of drug-likeness (QED) is 0.616. The Morgan fingerprint density at radius 2 is 1.71 bits per heavy atom. The molecular weight excluding hydrogens is 196 g/mol. The minimum atomic E-state index is -2.26. The molecule has 0 saturated carbocycles. The summed E-state index contributed by atoms with van der Waals surface area (Å²) in [7, 11) is 1.09. The summed E-state index contributed by atoms with van der Waals surface area (Å²) in [6.45, 7) is 4.86. The lowest BCUT2D eigenvalue weighted by atomic mass is 10.1. The van der Waals surface area contributed by atoms with Crippen molar-refractivity contribution in [3.8, 4) is 0 Å². The van der Waals surface area contributed by atoms with Gasteiger partial charge in [-0.3, -0.25) is 0 Å². The largest absolute Gasteiger partial charge is 0.397 e. The Kier molecular flexibility index (Phi) is 6.55. The minimum Gasteiger partial charge on any atom is -0.397 e. The second kappa shape index (κ2) is 6.52. The Hall–Kier alpha value is 0.0569. The van der Waals surface area contributed by atoms with Gasteiger partial charge in [0, 0.05) is 25.9 Å². The summed E-state index contributed by atoms with van der Waals surface area (Å²) in [4.78, 5) is 0. The second-order valence-corrected chi connectivity index (χ2v) is 7.68. The van der Waals surface area contributed by atoms with Crippen LogP contribution in [0.1, 0.15) is 20.3 Å². The topological polar surface area (TPSA) is 70.5 Å². The van der Waals surface area contributed by atoms with Crippen LogP contribution in [0.25, 0.3) is 0 Å². The van der Waals surface area contributed by atoms with Gasteiger partial charge in [0.1, 0.15) is 0 Å². The molecule has 5 heteroatoms. The lowest BCUT2D eigenvalue weighted by molar-refractivity contribution is 0.224. The fourth-order valence-corrected chi connectivity index (χ4v) is 4.45. The molecule has 0 aliphatic rings. The molecule has 0 bridgehead atoms. The highest BCUT2D eigenvalue weighted by atomic mass is 28.4. The van der Waals surface area contributed by atoms with Crippen molar-refractivity contribution in [3.05, 3.63) is 0 Å². The number of hydrogen-bond acceptors (Lipinski definition) is 4. The SMILES string of the molecule is CO[Si](CCN)(OC)C(N)CC(C)C. The minimum absolute atomic E-state index is 0.000972. The second-order valence-electron chi connectivity index (χ2n) is 3.99. The number of nitrogens with two attached hydrogens (primary N) is 2. The van der Waals surface area contributed by atoms with Gasteiger partial charge < -0.3 is 20.3 Å². The predicted molar refractivity (Wildman–Crippen MR) is 61.1 cm³/mol. The van der Waals surface area contributed by atoms with Crippen molar-refractivity contribution in [3.63, 3.8) is 0 Å². The molecule has 1 unspecified atom stereocenters. The predicted octanol–water partition coefficient (Wildman–Crippen LogP) is 0.593. The van der Waals surface area contributed by atoms with E-state index < -0.39 is 8.56 Å². The smallest absolute Gasteiger partial charge is 0.356 e. The molecule has 0 amide bonds. The van der Waals surface area contributed by atoms with Crippen LogP contribution in [0, 0.1) is 5.92 Å². The average Bonchev–Trinajstić information content (AvgIpc) is 2.13. The van der Waals surface area contributed by atoms with Crippen molar-refractivity contribution in [1.82, 2.24) is 0 Å². The summed E-state index contributed by atoms with van der Waals surface area (Å²) in [6.07, 6.45) is 0.925. The molecule has 4 N–H and O–H groups in total. The third-order valence-electron chi connectivity index (χ3n) is 2.47. The molecule has 0 rings (SSSR count). The van der Waals surface area contributed by atoms with Crippen LogP contribution >= 0.6 is 0 Å². The molecule has 0 aliphatic carbocycles. The van der Waals surface area contributed by atoms with Gasteiger partial charge in [-0.15, -0.1) is 0 Å². The molecule has 86 valence electrons. The first-order chi connectivity index (χ1) is 6.52. The molecule has 14 heavy (non-hydrogen) atoms. The summed E-state index contributed by atoms with van der Waals surface area (Å²) in [5.41, 5.74) is 11.7. The molecule has 0 aromatic rings. The van der Waals surface area contributed by atoms with E-state index in [1.165, 1.54) is 0 Å². The molecule has 1 atom stereocenters. The molecule has 0 fully saturated rings. The van der Waals surface area contributed by atoms with Crippen molar-refractivity contribution >= 4 is 8.56 Å². The van der Waals surface area contributed by atoms with Crippen LogP contribution < -0.4 is 11.5 Å². The van der Waals surface area contributed by atoms with Gasteiger partial charge in [-0.2, -0.15) is 0 Å². The van der Waals surface area contributed by atoms with Gasteiger partial charge in [-0.1, -0.05) is 13.8 Å². The van der Waals surface area contributed by atoms with Gasteiger partial charge in [-0.25, -0.2) is 0 Å². The van der Waals surface area contributed by atoms with Gasteiger partial charge in [0.2, 0.25) is 0 Å². The molecule has 4 nitrogen and oxygen atoms in total. The highest BCUT2D eigenvalue weighted by molar-refractivity contribution is 6.69. The van der Waals surface area contributed by atoms with Crippen LogP contribution in [-0.4, -0.2) is 35.0 Å². The van der Waals surface area contributed by atoms with Gasteiger partial charge in [0.15, 0.2) is 0 Å². The number of rotatable bonds is 7. The van der Waals surface area contributed by atoms with Crippen LogP contribution in [-0.2, 0) is 8.85 Å². The zero-order valence-corrected chi connectivity index (χ0v) is 10.7. The molecule has 0 aliphatic heterocycles. The molecule has 0 aromatic carbocycles. The fraction of sp³-hybridized carbons (Fsp3) is 1.00. The van der Waals surface area contributed by atoms with Crippen LogP contribution in [0.5, 0.6) is 0 Å². The normalized spacial score (nSPS) is 14.8. The summed E-state index contributed by atoms with van der Waals surface area (Å²) in [5.74, 6) is 0.556. The Balaban J connectivity index is 4.43. The monoisotopic (exact) mass is 220 g/mol. The molecule has 0 aromatic heterocycles. The van der Waals surface area contributed by atoms with E-state index in [2.05, 4.69) is 13.8 Å². The van der Waals surface area contributed by atoms with E-state index >= 15 is 0 Å². The lowest BCUT2D eigenvalue weighted by Crippen LogP contribution is -2.58. The van der Waals surface area contributed by atoms with Crippen molar-refractivity contribution in [2.24, 2.45) is 17.4 Å². The van der Waals surface area contributed by atoms with Gasteiger partial charge in [0.25, 0.3) is 0 Å². The number of hydrogen-bond donors (Lipinski definition) is 2. The first-order valence-corrected chi connectivity index (χ1v) is 7.18. The average molecular weight is 220 g/mol. The molecule has 0 radical (unpaired) electrons. The Labute approximate surface area is 88.2 Å². The maximum atomic E-state index is 6.12. The van der Waals surface area contributed by atoms with E-state index in [-0.39, 0.29) is 5.67 Å². The third-order valence-corrected chi connectivity index (χ3v) is 6.21. The van der Waals surface area contributed by atoms with Crippen molar-refractivity contribution in [2.45, 2.75) is 32.0 Å². The van der Waals surface area contributed by atoms with Crippen molar-refractivity contribution in [2.75, 3.05) is 20.8 Å². The van der Waals surface area contributed by atoms with E-state index in [1.54, 1.807) is 14.2 Å². The Bertz CT molecular complexity index is 152. The summed E-state index contributed by atoms with van der Waals surface area (Å²) in [6, 6.07) is 0.758. The summed E-state index contributed by atoms with van der Waals surface area (Å²) < 4.78 is 11.0. The Morgan fingerprint density at radius 1 is 1.21 bits per heavy atom. The standard InChI is InChI=1S/C9H24N2O2Si/c1-8(2)7-9(11)14(12-3,13-4)6-5-10/h8-9H,5-7,10-11H2,1-4H3. The zero-order chi connectivity index (χ0) is 11.2. The van der Waals surface area contributed by atoms with Crippen LogP contribution in [0.2, 0.25) is 6.04 Å². The first kappa shape index (κ1) is 14.1. The summed E-state index contributed by atoms with van der Waals surface area (Å²) in [5, 5.41) is 0. The van der Waals surface area contributed by atoms with Gasteiger partial charge >= 0.3 is 8.56 Å². The van der Waals surface area contributed by atoms with Crippen molar-refractivity contribution in [1.29, 1.82) is 0 Å². The van der Waals surface area contributed by atoms with E-state index in [4.69, 9.17) is 20.3 Å². The zero-order valence-electron chi connectivity index (χ0n) is 9.75. The third kappa shape index (κ3) is 3.66. The van der Waals surface area contributed by atoms with Gasteiger partial charge in [0.05, 0.1) is 0 Å². The summed E-state index contributed by atoms with van der Waals surface area (Å²) >= 11 is 0. The maximum Gasteiger partial charge on any atom is 0.356 e. The van der Waals surface area contributed by atoms with E-state index in [0.717, 1.165) is 12.5 Å². The first-order valence-electron chi connectivity index (χ1n) is 5.08. The van der Waals surface area contributed by atoms with Crippen molar-refractivity contribution < 1.29 is 8.85 Å². The fourth-order valence-electron chi connectivity index (χ4n) is 1.66. The van der Waals surface area contributed by atoms with Crippen LogP contribution in [0.15, 0.2) is 0 Å². The van der Waals surface area contributed by atoms with Crippen LogP contribution in [0.4, 0.5) is 0 Å². The van der Waals surface area contributed by atoms with Crippen LogP contribution in [0.3, 0.4) is 0 Å². The highest BCUT2D eigenvalue weighted by Crippen LogP contribution is 2.19. The van der Waals surface area contributed by atoms with E-state index in [9.17, 15) is 0 Å². The van der Waals surface area contributed by atoms with Gasteiger partial charge in [-0.05, 0) is 18.9 Å². The molecule has 0 heterocycles.